The molecule has 6 atom stereocenters. The van der Waals surface area contributed by atoms with Crippen LogP contribution < -0.4 is 31.8 Å². The zero-order chi connectivity index (χ0) is 98.9. The topological polar surface area (TPSA) is 259 Å². The number of likely N-dealkylation sites (tertiary alicyclic amines) is 1. The largest absolute Gasteiger partial charge is 0.355 e. The normalized spacial score (nSPS) is 17.7. The number of aromatic nitrogens is 12. The van der Waals surface area contributed by atoms with E-state index in [-0.39, 0.29) is 83.6 Å². The van der Waals surface area contributed by atoms with Gasteiger partial charge in [-0.05, 0) is 225 Å². The molecule has 26 nitrogen and oxygen atoms in total. The number of nitrogens with zero attached hydrogens (tertiary/aromatic N) is 20. The Bertz CT molecular complexity index is 6800. The number of carbonyl (C=O) groups excluding carboxylic acids is 3. The van der Waals surface area contributed by atoms with Gasteiger partial charge in [0.2, 0.25) is 17.7 Å². The predicted octanol–water partition coefficient (Wildman–Crippen LogP) is 20.4. The van der Waals surface area contributed by atoms with Crippen molar-refractivity contribution in [1.82, 2.24) is 83.1 Å². The number of fused-ring (bicyclic) bond motifs is 3. The lowest BCUT2D eigenvalue weighted by Gasteiger charge is -2.44. The summed E-state index contributed by atoms with van der Waals surface area (Å²) < 4.78 is 4.92. The summed E-state index contributed by atoms with van der Waals surface area (Å²) in [4.78, 5) is 142. The smallest absolute Gasteiger partial charge is 0.349 e. The van der Waals surface area contributed by atoms with Gasteiger partial charge >= 0.3 is 17.1 Å². The Morgan fingerprint density at radius 2 is 0.788 bits per heavy atom. The fourth-order valence-corrected chi connectivity index (χ4v) is 21.3. The van der Waals surface area contributed by atoms with Gasteiger partial charge in [-0.15, -0.1) is 0 Å². The Kier molecular flexibility index (Phi) is 31.6. The molecule has 12 aromatic rings. The van der Waals surface area contributed by atoms with Gasteiger partial charge in [0.25, 0.3) is 0 Å². The van der Waals surface area contributed by atoms with E-state index < -0.39 is 17.1 Å². The molecule has 4 saturated heterocycles. The molecule has 0 radical (unpaired) electrons. The van der Waals surface area contributed by atoms with E-state index in [2.05, 4.69) is 162 Å². The van der Waals surface area contributed by atoms with Gasteiger partial charge in [0.15, 0.2) is 16.9 Å². The standard InChI is InChI=1S/C39H50ClN7O2.C38H46ClN7O2.C30H33ClN6O2S/c1-11-33(48)45-20-27(10)46(21-26(45)9)37-31-19-32(40)35(30-16-14-13-15-29(30)23(3)4)42-38(31)47(39(49)43-37)36-28(22-44(12-2)25(7)8)17-18-41-34(36)24(5)6;1-8-32(47)44-20-26(7)45(21-25(44)6)36-30-19-31(39)34(29-14-10-9-13-28(29)23(2)3)41-37(30)46(38(48)42-36)35-27(22-43-17-11-12-18-43)15-16-40-33(35)24(4)5;1-8-24(38)35-12-20(7)36(13-19(35)6)28-21-11-23(31)26(22-15-40-14-18(22)5)33-29(21)37(30(39)34-28)27-17(4)9-10-32-25(27)16(2)3/h11,13-19,23-27H,1,12,20-22H2,2-10H3;8-10,13-16,19,23-26H,1,11-12,17-18,20-22H2,2-7H3;8-11,14-16,19-20H,1,12-13H2,2-7H3. The molecule has 0 spiro atoms. The Labute approximate surface area is 823 Å². The summed E-state index contributed by atoms with van der Waals surface area (Å²) in [6.07, 6.45) is 11.8. The number of hydrogen-bond donors (Lipinski definition) is 0. The van der Waals surface area contributed by atoms with Crippen molar-refractivity contribution in [2.75, 3.05) is 73.6 Å². The maximum absolute atomic E-state index is 14.7. The molecule has 0 aliphatic carbocycles. The Morgan fingerprint density at radius 1 is 0.438 bits per heavy atom. The molecule has 137 heavy (non-hydrogen) atoms. The molecule has 2 aromatic carbocycles. The van der Waals surface area contributed by atoms with Crippen LogP contribution in [0.2, 0.25) is 15.1 Å². The van der Waals surface area contributed by atoms with Crippen molar-refractivity contribution in [3.63, 3.8) is 0 Å². The minimum atomic E-state index is -0.437. The number of thiophene rings is 1. The second kappa shape index (κ2) is 42.7. The van der Waals surface area contributed by atoms with Crippen molar-refractivity contribution < 1.29 is 14.4 Å². The molecule has 4 aliphatic heterocycles. The van der Waals surface area contributed by atoms with Crippen LogP contribution in [0.3, 0.4) is 0 Å². The van der Waals surface area contributed by atoms with Gasteiger partial charge in [-0.25, -0.2) is 43.0 Å². The molecule has 0 saturated carbocycles. The minimum absolute atomic E-state index is 0.0236. The van der Waals surface area contributed by atoms with E-state index >= 15 is 0 Å². The fraction of sp³-hybridized carbons (Fsp3) is 0.430. The van der Waals surface area contributed by atoms with Gasteiger partial charge in [0, 0.05) is 135 Å². The molecule has 0 bridgehead atoms. The molecule has 0 N–H and O–H groups in total. The van der Waals surface area contributed by atoms with Crippen LogP contribution in [0.4, 0.5) is 17.5 Å². The van der Waals surface area contributed by atoms with E-state index in [1.165, 1.54) is 18.2 Å². The zero-order valence-corrected chi connectivity index (χ0v) is 86.0. The highest BCUT2D eigenvalue weighted by Crippen LogP contribution is 2.44. The third-order valence-corrected chi connectivity index (χ3v) is 28.7. The number of pyridine rings is 6. The molecule has 14 heterocycles. The van der Waals surface area contributed by atoms with E-state index in [0.717, 1.165) is 105 Å². The molecule has 30 heteroatoms. The summed E-state index contributed by atoms with van der Waals surface area (Å²) in [6.45, 7) is 61.8. The van der Waals surface area contributed by atoms with Crippen LogP contribution in [0.5, 0.6) is 0 Å². The number of halogens is 3. The molecule has 3 amide bonds. The number of anilines is 3. The second-order valence-corrected chi connectivity index (χ2v) is 40.7. The third-order valence-electron chi connectivity index (χ3n) is 27.0. The number of rotatable bonds is 23. The average Bonchev–Trinajstić information content (AvgIpc) is 1.45. The van der Waals surface area contributed by atoms with E-state index in [9.17, 15) is 28.8 Å². The van der Waals surface area contributed by atoms with Crippen LogP contribution in [-0.4, -0.2) is 202 Å². The first-order valence-corrected chi connectivity index (χ1v) is 50.0. The molecular weight excluding hydrogens is 1800 g/mol. The lowest BCUT2D eigenvalue weighted by atomic mass is 9.95. The van der Waals surface area contributed by atoms with Crippen molar-refractivity contribution in [2.24, 2.45) is 0 Å². The van der Waals surface area contributed by atoms with Gasteiger partial charge in [0.1, 0.15) is 17.5 Å². The van der Waals surface area contributed by atoms with Crippen LogP contribution in [0.25, 0.3) is 83.9 Å². The van der Waals surface area contributed by atoms with Crippen molar-refractivity contribution in [1.29, 1.82) is 0 Å². The highest BCUT2D eigenvalue weighted by Gasteiger charge is 2.40. The summed E-state index contributed by atoms with van der Waals surface area (Å²) in [7, 11) is 0. The first-order chi connectivity index (χ1) is 65.3. The van der Waals surface area contributed by atoms with Crippen LogP contribution in [0, 0.1) is 13.8 Å². The number of benzene rings is 2. The Balaban J connectivity index is 0.000000165. The minimum Gasteiger partial charge on any atom is -0.349 e. The van der Waals surface area contributed by atoms with Crippen LogP contribution in [0.15, 0.2) is 167 Å². The Hall–Kier alpha value is -11.7. The first kappa shape index (κ1) is 101. The lowest BCUT2D eigenvalue weighted by Crippen LogP contribution is -2.58. The van der Waals surface area contributed by atoms with E-state index in [0.29, 0.717) is 152 Å². The van der Waals surface area contributed by atoms with Gasteiger partial charge < -0.3 is 29.4 Å². The lowest BCUT2D eigenvalue weighted by molar-refractivity contribution is -0.129. The summed E-state index contributed by atoms with van der Waals surface area (Å²) in [5, 5.41) is 7.53. The molecular formula is C107H129Cl3N20O6S. The van der Waals surface area contributed by atoms with Crippen molar-refractivity contribution in [3.8, 4) is 50.8 Å². The maximum atomic E-state index is 14.7. The van der Waals surface area contributed by atoms with Gasteiger partial charge in [-0.2, -0.15) is 26.3 Å². The summed E-state index contributed by atoms with van der Waals surface area (Å²) >= 11 is 22.8. The van der Waals surface area contributed by atoms with E-state index in [1.54, 1.807) is 36.1 Å². The van der Waals surface area contributed by atoms with Gasteiger partial charge in [-0.1, -0.05) is 179 Å². The van der Waals surface area contributed by atoms with Gasteiger partial charge in [0.05, 0.1) is 82.5 Å². The quantitative estimate of drug-likeness (QED) is 0.0539. The van der Waals surface area contributed by atoms with Gasteiger partial charge in [-0.3, -0.25) is 39.1 Å². The van der Waals surface area contributed by atoms with Crippen LogP contribution in [0.1, 0.15) is 224 Å². The number of aryl methyl sites for hydroxylation is 2. The average molecular weight is 1930 g/mol. The first-order valence-electron chi connectivity index (χ1n) is 47.9. The molecule has 6 unspecified atom stereocenters. The van der Waals surface area contributed by atoms with Crippen molar-refractivity contribution in [3.05, 3.63) is 249 Å². The number of carbonyl (C=O) groups is 3. The highest BCUT2D eigenvalue weighted by atomic mass is 35.5. The molecule has 10 aromatic heterocycles. The monoisotopic (exact) mass is 1930 g/mol. The summed E-state index contributed by atoms with van der Waals surface area (Å²) in [6, 6.07) is 27.5. The number of piperazine rings is 3. The van der Waals surface area contributed by atoms with E-state index in [1.807, 2.05) is 156 Å². The van der Waals surface area contributed by atoms with E-state index in [4.69, 9.17) is 69.7 Å². The highest BCUT2D eigenvalue weighted by molar-refractivity contribution is 7.08. The SMILES string of the molecule is C=CC(=O)N1CC(C)N(c2nc(=O)n(-c3c(C)ccnc3C(C)C)c3nc(-c4cscc4C)c(Cl)cc23)CC1C.C=CC(=O)N1CC(C)N(c2nc(=O)n(-c3c(CN(CC)C(C)C)ccnc3C(C)C)c3nc(-c4ccccc4C(C)C)c(Cl)cc23)CC1C.C=CC(=O)N1CC(C)N(c2nc(=O)n(-c3c(CN4CCCC4)ccnc3C(C)C)c3nc(-c4ccccc4C(C)C)c(Cl)cc23)CC1C. The number of hydrogen-bond acceptors (Lipinski definition) is 21. The maximum Gasteiger partial charge on any atom is 0.355 e. The molecule has 720 valence electrons. The summed E-state index contributed by atoms with van der Waals surface area (Å²) in [5.41, 5.74) is 15.6. The summed E-state index contributed by atoms with van der Waals surface area (Å²) in [5.74, 6) is 1.81. The van der Waals surface area contributed by atoms with Crippen LogP contribution >= 0.6 is 46.1 Å². The van der Waals surface area contributed by atoms with Crippen molar-refractivity contribution >= 4 is 114 Å². The zero-order valence-electron chi connectivity index (χ0n) is 82.9. The molecule has 16 rings (SSSR count). The molecule has 4 aliphatic rings. The van der Waals surface area contributed by atoms with Crippen molar-refractivity contribution in [2.45, 2.75) is 243 Å². The second-order valence-electron chi connectivity index (χ2n) is 38.7. The van der Waals surface area contributed by atoms with Crippen LogP contribution in [-0.2, 0) is 27.5 Å². The number of amides is 3. The predicted molar refractivity (Wildman–Crippen MR) is 558 cm³/mol. The fourth-order valence-electron chi connectivity index (χ4n) is 19.7. The molecule has 4 fully saturated rings. The Morgan fingerprint density at radius 3 is 1.14 bits per heavy atom. The third kappa shape index (κ3) is 20.5.